The summed E-state index contributed by atoms with van der Waals surface area (Å²) in [5.74, 6) is -0.309. The Kier molecular flexibility index (Phi) is 2.99. The van der Waals surface area contributed by atoms with E-state index in [-0.39, 0.29) is 6.61 Å². The van der Waals surface area contributed by atoms with Crippen LogP contribution in [0.25, 0.3) is 11.4 Å². The van der Waals surface area contributed by atoms with Crippen molar-refractivity contribution in [3.05, 3.63) is 34.8 Å². The average molecular weight is 277 g/mol. The molecule has 2 aromatic rings. The first kappa shape index (κ1) is 12.4. The maximum absolute atomic E-state index is 11.6. The fourth-order valence-corrected chi connectivity index (χ4v) is 1.98. The number of H-pyrrole nitrogens is 1. The van der Waals surface area contributed by atoms with Crippen LogP contribution in [0.1, 0.15) is 0 Å². The second-order valence-corrected chi connectivity index (χ2v) is 4.29. The van der Waals surface area contributed by atoms with E-state index in [9.17, 15) is 9.59 Å². The molecule has 8 nitrogen and oxygen atoms in total. The third kappa shape index (κ3) is 2.16. The first-order chi connectivity index (χ1) is 9.67. The van der Waals surface area contributed by atoms with E-state index in [1.54, 1.807) is 24.3 Å². The molecule has 1 fully saturated rings. The van der Waals surface area contributed by atoms with Crippen molar-refractivity contribution < 1.29 is 19.2 Å². The molecule has 104 valence electrons. The Labute approximate surface area is 112 Å². The molecule has 1 aromatic heterocycles. The van der Waals surface area contributed by atoms with Gasteiger partial charge in [-0.15, -0.1) is 0 Å². The van der Waals surface area contributed by atoms with Crippen LogP contribution < -0.4 is 10.7 Å². The number of benzene rings is 1. The van der Waals surface area contributed by atoms with E-state index in [1.807, 2.05) is 0 Å². The summed E-state index contributed by atoms with van der Waals surface area (Å²) < 4.78 is 9.38. The molecule has 1 unspecified atom stereocenters. The van der Waals surface area contributed by atoms with Gasteiger partial charge in [0, 0.05) is 11.3 Å². The van der Waals surface area contributed by atoms with Gasteiger partial charge in [-0.05, 0) is 24.3 Å². The van der Waals surface area contributed by atoms with Crippen LogP contribution in [0.15, 0.2) is 33.6 Å². The number of cyclic esters (lactones) is 1. The molecule has 0 spiro atoms. The number of aliphatic hydroxyl groups excluding tert-OH is 1. The minimum absolute atomic E-state index is 0.208. The molecule has 1 saturated heterocycles. The van der Waals surface area contributed by atoms with Gasteiger partial charge in [-0.25, -0.2) is 9.59 Å². The van der Waals surface area contributed by atoms with Gasteiger partial charge in [0.25, 0.3) is 0 Å². The summed E-state index contributed by atoms with van der Waals surface area (Å²) in [6, 6.07) is 6.79. The number of nitrogens with zero attached hydrogens (tertiary/aromatic N) is 2. The van der Waals surface area contributed by atoms with Crippen LogP contribution in [0.4, 0.5) is 10.5 Å². The molecule has 1 atom stereocenters. The van der Waals surface area contributed by atoms with E-state index in [1.165, 1.54) is 4.90 Å². The molecule has 1 aliphatic heterocycles. The van der Waals surface area contributed by atoms with Crippen molar-refractivity contribution in [1.29, 1.82) is 0 Å². The van der Waals surface area contributed by atoms with E-state index < -0.39 is 18.0 Å². The Morgan fingerprint density at radius 2 is 2.10 bits per heavy atom. The number of aliphatic hydroxyl groups is 1. The van der Waals surface area contributed by atoms with E-state index >= 15 is 0 Å². The molecule has 1 aromatic carbocycles. The SMILES string of the molecule is O=C1OC(CO)CN1c1ccc(-c2noc(=O)[nH]2)cc1. The van der Waals surface area contributed by atoms with E-state index in [4.69, 9.17) is 9.84 Å². The molecule has 0 aliphatic carbocycles. The predicted molar refractivity (Wildman–Crippen MR) is 67.3 cm³/mol. The Hall–Kier alpha value is -2.61. The standard InChI is InChI=1S/C12H11N3O5/c16-6-9-5-15(12(18)19-9)8-3-1-7(2-4-8)10-13-11(17)20-14-10/h1-4,9,16H,5-6H2,(H,13,14,17). The van der Waals surface area contributed by atoms with Gasteiger partial charge in [0.2, 0.25) is 0 Å². The van der Waals surface area contributed by atoms with Crippen LogP contribution in [-0.4, -0.2) is 40.6 Å². The second-order valence-electron chi connectivity index (χ2n) is 4.29. The van der Waals surface area contributed by atoms with Crippen LogP contribution in [0.3, 0.4) is 0 Å². The van der Waals surface area contributed by atoms with Gasteiger partial charge in [0.05, 0.1) is 13.2 Å². The Morgan fingerprint density at radius 3 is 2.65 bits per heavy atom. The number of amides is 1. The number of nitrogens with one attached hydrogen (secondary N) is 1. The third-order valence-electron chi connectivity index (χ3n) is 2.97. The van der Waals surface area contributed by atoms with Crippen molar-refractivity contribution in [1.82, 2.24) is 10.1 Å². The zero-order chi connectivity index (χ0) is 14.1. The maximum atomic E-state index is 11.6. The van der Waals surface area contributed by atoms with Gasteiger partial charge in [0.1, 0.15) is 6.10 Å². The van der Waals surface area contributed by atoms with Crippen molar-refractivity contribution in [2.75, 3.05) is 18.1 Å². The largest absolute Gasteiger partial charge is 0.441 e. The summed E-state index contributed by atoms with van der Waals surface area (Å²) >= 11 is 0. The highest BCUT2D eigenvalue weighted by Gasteiger charge is 2.31. The molecule has 1 aliphatic rings. The highest BCUT2D eigenvalue weighted by Crippen LogP contribution is 2.24. The number of hydrogen-bond donors (Lipinski definition) is 2. The lowest BCUT2D eigenvalue weighted by atomic mass is 10.2. The molecule has 20 heavy (non-hydrogen) atoms. The zero-order valence-electron chi connectivity index (χ0n) is 10.3. The fraction of sp³-hybridized carbons (Fsp3) is 0.250. The van der Waals surface area contributed by atoms with Crippen molar-refractivity contribution in [2.24, 2.45) is 0 Å². The van der Waals surface area contributed by atoms with Gasteiger partial charge >= 0.3 is 11.8 Å². The number of aromatic nitrogens is 2. The number of rotatable bonds is 3. The van der Waals surface area contributed by atoms with Crippen LogP contribution in [-0.2, 0) is 4.74 Å². The molecule has 8 heteroatoms. The zero-order valence-corrected chi connectivity index (χ0v) is 10.3. The fourth-order valence-electron chi connectivity index (χ4n) is 1.98. The molecule has 0 bridgehead atoms. The highest BCUT2D eigenvalue weighted by molar-refractivity contribution is 5.90. The number of anilines is 1. The van der Waals surface area contributed by atoms with Crippen molar-refractivity contribution >= 4 is 11.8 Å². The summed E-state index contributed by atoms with van der Waals surface area (Å²) in [5, 5.41) is 12.6. The van der Waals surface area contributed by atoms with E-state index in [0.717, 1.165) is 0 Å². The highest BCUT2D eigenvalue weighted by atomic mass is 16.6. The monoisotopic (exact) mass is 277 g/mol. The molecule has 0 saturated carbocycles. The average Bonchev–Trinajstić information content (AvgIpc) is 3.05. The number of hydrogen-bond acceptors (Lipinski definition) is 6. The van der Waals surface area contributed by atoms with Gasteiger partial charge in [-0.3, -0.25) is 14.4 Å². The number of aromatic amines is 1. The van der Waals surface area contributed by atoms with E-state index in [0.29, 0.717) is 23.6 Å². The lowest BCUT2D eigenvalue weighted by Crippen LogP contribution is -2.25. The maximum Gasteiger partial charge on any atom is 0.439 e. The van der Waals surface area contributed by atoms with Crippen LogP contribution >= 0.6 is 0 Å². The molecule has 2 N–H and O–H groups in total. The number of carbonyl (C=O) groups is 1. The lowest BCUT2D eigenvalue weighted by molar-refractivity contribution is 0.0963. The molecule has 2 heterocycles. The summed E-state index contributed by atoms with van der Waals surface area (Å²) in [6.07, 6.45) is -0.999. The summed E-state index contributed by atoms with van der Waals surface area (Å²) in [6.45, 7) is 0.0932. The molecule has 1 amide bonds. The van der Waals surface area contributed by atoms with Crippen molar-refractivity contribution in [2.45, 2.75) is 6.10 Å². The summed E-state index contributed by atoms with van der Waals surface area (Å²) in [5.41, 5.74) is 1.30. The predicted octanol–water partition coefficient (Wildman–Crippen LogP) is 0.347. The Morgan fingerprint density at radius 1 is 1.35 bits per heavy atom. The van der Waals surface area contributed by atoms with Crippen molar-refractivity contribution in [3.8, 4) is 11.4 Å². The molecular weight excluding hydrogens is 266 g/mol. The van der Waals surface area contributed by atoms with Gasteiger partial charge in [-0.2, -0.15) is 0 Å². The molecule has 3 rings (SSSR count). The van der Waals surface area contributed by atoms with Crippen LogP contribution in [0.2, 0.25) is 0 Å². The van der Waals surface area contributed by atoms with Gasteiger partial charge in [0.15, 0.2) is 5.82 Å². The van der Waals surface area contributed by atoms with Gasteiger partial charge < -0.3 is 9.84 Å². The summed E-state index contributed by atoms with van der Waals surface area (Å²) in [4.78, 5) is 26.4. The number of carbonyl (C=O) groups excluding carboxylic acids is 1. The van der Waals surface area contributed by atoms with Crippen molar-refractivity contribution in [3.63, 3.8) is 0 Å². The minimum Gasteiger partial charge on any atom is -0.441 e. The molecule has 0 radical (unpaired) electrons. The Bertz CT molecular complexity index is 675. The quantitative estimate of drug-likeness (QED) is 0.837. The first-order valence-corrected chi connectivity index (χ1v) is 5.93. The van der Waals surface area contributed by atoms with Gasteiger partial charge in [-0.1, -0.05) is 5.16 Å². The van der Waals surface area contributed by atoms with Crippen LogP contribution in [0.5, 0.6) is 0 Å². The number of ether oxygens (including phenoxy) is 1. The van der Waals surface area contributed by atoms with E-state index in [2.05, 4.69) is 14.7 Å². The third-order valence-corrected chi connectivity index (χ3v) is 2.97. The first-order valence-electron chi connectivity index (χ1n) is 5.93. The smallest absolute Gasteiger partial charge is 0.439 e. The Balaban J connectivity index is 1.83. The normalized spacial score (nSPS) is 18.4. The lowest BCUT2D eigenvalue weighted by Gasteiger charge is -2.12. The minimum atomic E-state index is -0.627. The topological polar surface area (TPSA) is 109 Å². The van der Waals surface area contributed by atoms with Crippen LogP contribution in [0, 0.1) is 0 Å². The summed E-state index contributed by atoms with van der Waals surface area (Å²) in [7, 11) is 0. The second kappa shape index (κ2) is 4.82. The molecular formula is C12H11N3O5.